The third kappa shape index (κ3) is 2.40. The molecule has 0 aromatic heterocycles. The lowest BCUT2D eigenvalue weighted by atomic mass is 9.91. The first-order valence-corrected chi connectivity index (χ1v) is 5.84. The molecule has 0 radical (unpaired) electrons. The fraction of sp³-hybridized carbons (Fsp3) is 0.571. The molecule has 1 aromatic carbocycles. The minimum absolute atomic E-state index is 0.281. The Morgan fingerprint density at radius 1 is 1.13 bits per heavy atom. The molecule has 2 unspecified atom stereocenters. The van der Waals surface area contributed by atoms with Crippen molar-refractivity contribution >= 4 is 0 Å². The van der Waals surface area contributed by atoms with Gasteiger partial charge in [-0.1, -0.05) is 36.2 Å². The summed E-state index contributed by atoms with van der Waals surface area (Å²) in [5.41, 5.74) is 3.57. The van der Waals surface area contributed by atoms with Crippen molar-refractivity contribution in [1.82, 2.24) is 0 Å². The van der Waals surface area contributed by atoms with Gasteiger partial charge < -0.3 is 5.11 Å². The van der Waals surface area contributed by atoms with E-state index < -0.39 is 0 Å². The number of aliphatic hydroxyl groups is 1. The van der Waals surface area contributed by atoms with Crippen LogP contribution in [0.1, 0.15) is 42.6 Å². The van der Waals surface area contributed by atoms with Crippen LogP contribution in [0.25, 0.3) is 0 Å². The van der Waals surface area contributed by atoms with E-state index >= 15 is 0 Å². The molecule has 2 atom stereocenters. The summed E-state index contributed by atoms with van der Waals surface area (Å²) in [5.74, 6) is 1.16. The average Bonchev–Trinajstić information content (AvgIpc) is 2.97. The SMILES string of the molecule is Cc1cc(C)cc(C(O)C(C)C2CC2)c1. The fourth-order valence-corrected chi connectivity index (χ4v) is 2.36. The summed E-state index contributed by atoms with van der Waals surface area (Å²) in [6, 6.07) is 6.37. The van der Waals surface area contributed by atoms with Gasteiger partial charge in [-0.05, 0) is 44.1 Å². The van der Waals surface area contributed by atoms with Crippen molar-refractivity contribution in [2.24, 2.45) is 11.8 Å². The molecular formula is C14H20O. The number of hydrogen-bond donors (Lipinski definition) is 1. The molecule has 1 aliphatic carbocycles. The quantitative estimate of drug-likeness (QED) is 0.800. The van der Waals surface area contributed by atoms with Crippen molar-refractivity contribution in [2.75, 3.05) is 0 Å². The molecule has 0 aliphatic heterocycles. The molecule has 82 valence electrons. The first-order chi connectivity index (χ1) is 7.08. The maximum Gasteiger partial charge on any atom is 0.0818 e. The Hall–Kier alpha value is -0.820. The molecule has 0 amide bonds. The van der Waals surface area contributed by atoms with Crippen LogP contribution in [-0.2, 0) is 0 Å². The zero-order valence-electron chi connectivity index (χ0n) is 9.83. The predicted octanol–water partition coefficient (Wildman–Crippen LogP) is 3.38. The highest BCUT2D eigenvalue weighted by Crippen LogP contribution is 2.42. The van der Waals surface area contributed by atoms with Gasteiger partial charge in [-0.2, -0.15) is 0 Å². The van der Waals surface area contributed by atoms with E-state index in [1.165, 1.54) is 24.0 Å². The van der Waals surface area contributed by atoms with Crippen LogP contribution >= 0.6 is 0 Å². The monoisotopic (exact) mass is 204 g/mol. The largest absolute Gasteiger partial charge is 0.388 e. The average molecular weight is 204 g/mol. The number of benzene rings is 1. The molecule has 0 spiro atoms. The van der Waals surface area contributed by atoms with Crippen LogP contribution in [0.15, 0.2) is 18.2 Å². The van der Waals surface area contributed by atoms with Gasteiger partial charge >= 0.3 is 0 Å². The Morgan fingerprint density at radius 2 is 1.67 bits per heavy atom. The summed E-state index contributed by atoms with van der Waals surface area (Å²) in [4.78, 5) is 0. The van der Waals surface area contributed by atoms with Crippen LogP contribution < -0.4 is 0 Å². The lowest BCUT2D eigenvalue weighted by Gasteiger charge is -2.19. The molecule has 2 rings (SSSR count). The van der Waals surface area contributed by atoms with E-state index in [0.717, 1.165) is 11.5 Å². The Kier molecular flexibility index (Phi) is 2.83. The molecule has 1 nitrogen and oxygen atoms in total. The normalized spacial score (nSPS) is 20.0. The zero-order chi connectivity index (χ0) is 11.0. The van der Waals surface area contributed by atoms with Crippen LogP contribution in [0.2, 0.25) is 0 Å². The second kappa shape index (κ2) is 3.97. The van der Waals surface area contributed by atoms with E-state index in [2.05, 4.69) is 39.0 Å². The van der Waals surface area contributed by atoms with Gasteiger partial charge in [0.1, 0.15) is 0 Å². The van der Waals surface area contributed by atoms with E-state index in [1.54, 1.807) is 0 Å². The highest BCUT2D eigenvalue weighted by Gasteiger charge is 2.33. The van der Waals surface area contributed by atoms with Crippen molar-refractivity contribution < 1.29 is 5.11 Å². The van der Waals surface area contributed by atoms with Crippen molar-refractivity contribution in [3.63, 3.8) is 0 Å². The van der Waals surface area contributed by atoms with E-state index in [4.69, 9.17) is 0 Å². The summed E-state index contributed by atoms with van der Waals surface area (Å²) < 4.78 is 0. The Labute approximate surface area is 92.1 Å². The first kappa shape index (κ1) is 10.7. The van der Waals surface area contributed by atoms with Gasteiger partial charge in [-0.15, -0.1) is 0 Å². The van der Waals surface area contributed by atoms with Crippen molar-refractivity contribution in [1.29, 1.82) is 0 Å². The molecule has 1 aromatic rings. The van der Waals surface area contributed by atoms with Gasteiger partial charge in [0, 0.05) is 0 Å². The highest BCUT2D eigenvalue weighted by atomic mass is 16.3. The van der Waals surface area contributed by atoms with Crippen molar-refractivity contribution in [3.05, 3.63) is 34.9 Å². The standard InChI is InChI=1S/C14H20O/c1-9-6-10(2)8-13(7-9)14(15)11(3)12-4-5-12/h6-8,11-12,14-15H,4-5H2,1-3H3. The van der Waals surface area contributed by atoms with Crippen LogP contribution in [0.4, 0.5) is 0 Å². The van der Waals surface area contributed by atoms with Crippen molar-refractivity contribution in [2.45, 2.75) is 39.7 Å². The third-order valence-corrected chi connectivity index (χ3v) is 3.45. The highest BCUT2D eigenvalue weighted by molar-refractivity contribution is 5.30. The molecular weight excluding hydrogens is 184 g/mol. The Bertz CT molecular complexity index is 332. The van der Waals surface area contributed by atoms with Gasteiger partial charge in [0.05, 0.1) is 6.10 Å². The van der Waals surface area contributed by atoms with E-state index in [9.17, 15) is 5.11 Å². The molecule has 15 heavy (non-hydrogen) atoms. The summed E-state index contributed by atoms with van der Waals surface area (Å²) in [6.45, 7) is 6.34. The van der Waals surface area contributed by atoms with Crippen LogP contribution in [0, 0.1) is 25.7 Å². The maximum absolute atomic E-state index is 10.2. The molecule has 0 bridgehead atoms. The summed E-state index contributed by atoms with van der Waals surface area (Å²) >= 11 is 0. The molecule has 1 saturated carbocycles. The molecule has 1 fully saturated rings. The lowest BCUT2D eigenvalue weighted by Crippen LogP contribution is -2.11. The molecule has 0 saturated heterocycles. The topological polar surface area (TPSA) is 20.2 Å². The molecule has 0 heterocycles. The lowest BCUT2D eigenvalue weighted by molar-refractivity contribution is 0.106. The third-order valence-electron chi connectivity index (χ3n) is 3.45. The van der Waals surface area contributed by atoms with Gasteiger partial charge in [-0.3, -0.25) is 0 Å². The van der Waals surface area contributed by atoms with E-state index in [0.29, 0.717) is 5.92 Å². The van der Waals surface area contributed by atoms with Crippen LogP contribution in [0.3, 0.4) is 0 Å². The predicted molar refractivity (Wildman–Crippen MR) is 62.8 cm³/mol. The first-order valence-electron chi connectivity index (χ1n) is 5.84. The summed E-state index contributed by atoms with van der Waals surface area (Å²) in [6.07, 6.45) is 2.31. The fourth-order valence-electron chi connectivity index (χ4n) is 2.36. The molecule has 1 N–H and O–H groups in total. The second-order valence-corrected chi connectivity index (χ2v) is 5.06. The van der Waals surface area contributed by atoms with Gasteiger partial charge in [0.2, 0.25) is 0 Å². The zero-order valence-corrected chi connectivity index (χ0v) is 9.83. The van der Waals surface area contributed by atoms with Crippen molar-refractivity contribution in [3.8, 4) is 0 Å². The number of rotatable bonds is 3. The van der Waals surface area contributed by atoms with Gasteiger partial charge in [0.25, 0.3) is 0 Å². The summed E-state index contributed by atoms with van der Waals surface area (Å²) in [5, 5.41) is 10.2. The molecule has 1 heteroatoms. The Balaban J connectivity index is 2.19. The Morgan fingerprint density at radius 3 is 2.13 bits per heavy atom. The van der Waals surface area contributed by atoms with Crippen LogP contribution in [0.5, 0.6) is 0 Å². The minimum atomic E-state index is -0.281. The summed E-state index contributed by atoms with van der Waals surface area (Å²) in [7, 11) is 0. The van der Waals surface area contributed by atoms with Gasteiger partial charge in [-0.25, -0.2) is 0 Å². The number of aliphatic hydroxyl groups excluding tert-OH is 1. The second-order valence-electron chi connectivity index (χ2n) is 5.06. The maximum atomic E-state index is 10.2. The van der Waals surface area contributed by atoms with E-state index in [-0.39, 0.29) is 6.10 Å². The smallest absolute Gasteiger partial charge is 0.0818 e. The van der Waals surface area contributed by atoms with E-state index in [1.807, 2.05) is 0 Å². The van der Waals surface area contributed by atoms with Gasteiger partial charge in [0.15, 0.2) is 0 Å². The minimum Gasteiger partial charge on any atom is -0.388 e. The molecule has 1 aliphatic rings. The number of aryl methyl sites for hydroxylation is 2. The number of hydrogen-bond acceptors (Lipinski definition) is 1. The van der Waals surface area contributed by atoms with Crippen LogP contribution in [-0.4, -0.2) is 5.11 Å².